The molecule has 82 valence electrons. The predicted octanol–water partition coefficient (Wildman–Crippen LogP) is 2.89. The third-order valence-corrected chi connectivity index (χ3v) is 2.85. The minimum atomic E-state index is -0.577. The van der Waals surface area contributed by atoms with Crippen molar-refractivity contribution in [2.75, 3.05) is 12.4 Å². The summed E-state index contributed by atoms with van der Waals surface area (Å²) in [6, 6.07) is 5.94. The van der Waals surface area contributed by atoms with Crippen molar-refractivity contribution in [1.82, 2.24) is 0 Å². The van der Waals surface area contributed by atoms with Gasteiger partial charge >= 0.3 is 6.48 Å². The summed E-state index contributed by atoms with van der Waals surface area (Å²) in [6.45, 7) is 4.04. The summed E-state index contributed by atoms with van der Waals surface area (Å²) >= 11 is 1.78. The molecule has 15 heavy (non-hydrogen) atoms. The lowest BCUT2D eigenvalue weighted by atomic mass is 10.3. The number of benzene rings is 1. The van der Waals surface area contributed by atoms with E-state index in [1.807, 2.05) is 25.1 Å². The first kappa shape index (κ1) is 10.6. The molecular weight excluding hydrogens is 212 g/mol. The quantitative estimate of drug-likeness (QED) is 0.738. The highest BCUT2D eigenvalue weighted by molar-refractivity contribution is 7.99. The number of fused-ring (bicyclic) bond motifs is 1. The first-order chi connectivity index (χ1) is 7.33. The van der Waals surface area contributed by atoms with Gasteiger partial charge in [-0.1, -0.05) is 6.92 Å². The van der Waals surface area contributed by atoms with Crippen LogP contribution in [-0.2, 0) is 4.74 Å². The van der Waals surface area contributed by atoms with Crippen LogP contribution < -0.4 is 9.47 Å². The fourth-order valence-corrected chi connectivity index (χ4v) is 2.06. The first-order valence-electron chi connectivity index (χ1n) is 5.05. The number of thioether (sulfide) groups is 1. The number of ether oxygens (including phenoxy) is 3. The molecule has 1 aliphatic heterocycles. The van der Waals surface area contributed by atoms with Crippen LogP contribution in [0.1, 0.15) is 13.8 Å². The SMILES string of the molecule is CCOC1Oc2ccc(SCC)cc2O1. The molecule has 0 fully saturated rings. The topological polar surface area (TPSA) is 27.7 Å². The van der Waals surface area contributed by atoms with Crippen LogP contribution in [0.15, 0.2) is 23.1 Å². The van der Waals surface area contributed by atoms with Gasteiger partial charge in [-0.3, -0.25) is 0 Å². The van der Waals surface area contributed by atoms with Gasteiger partial charge in [0.25, 0.3) is 0 Å². The van der Waals surface area contributed by atoms with Gasteiger partial charge in [0, 0.05) is 4.90 Å². The zero-order valence-electron chi connectivity index (χ0n) is 8.86. The maximum Gasteiger partial charge on any atom is 0.361 e. The summed E-state index contributed by atoms with van der Waals surface area (Å²) in [4.78, 5) is 1.19. The first-order valence-corrected chi connectivity index (χ1v) is 6.03. The second kappa shape index (κ2) is 4.77. The van der Waals surface area contributed by atoms with Crippen LogP contribution >= 0.6 is 11.8 Å². The summed E-state index contributed by atoms with van der Waals surface area (Å²) in [7, 11) is 0. The lowest BCUT2D eigenvalue weighted by Gasteiger charge is -2.07. The molecule has 1 aromatic carbocycles. The summed E-state index contributed by atoms with van der Waals surface area (Å²) < 4.78 is 16.1. The molecule has 1 aromatic rings. The highest BCUT2D eigenvalue weighted by Gasteiger charge is 2.24. The molecule has 0 saturated heterocycles. The van der Waals surface area contributed by atoms with E-state index in [-0.39, 0.29) is 0 Å². The lowest BCUT2D eigenvalue weighted by molar-refractivity contribution is -0.173. The summed E-state index contributed by atoms with van der Waals surface area (Å²) in [5, 5.41) is 0. The molecule has 1 atom stereocenters. The molecule has 0 N–H and O–H groups in total. The van der Waals surface area contributed by atoms with Gasteiger partial charge in [-0.2, -0.15) is 0 Å². The second-order valence-corrected chi connectivity index (χ2v) is 4.36. The largest absolute Gasteiger partial charge is 0.428 e. The Labute approximate surface area is 93.7 Å². The molecule has 0 spiro atoms. The molecule has 0 radical (unpaired) electrons. The Balaban J connectivity index is 2.09. The Morgan fingerprint density at radius 2 is 2.07 bits per heavy atom. The van der Waals surface area contributed by atoms with Gasteiger partial charge in [0.2, 0.25) is 0 Å². The van der Waals surface area contributed by atoms with E-state index in [0.717, 1.165) is 17.3 Å². The Hall–Kier alpha value is -0.870. The predicted molar refractivity (Wildman–Crippen MR) is 59.5 cm³/mol. The van der Waals surface area contributed by atoms with Crippen molar-refractivity contribution in [3.8, 4) is 11.5 Å². The fourth-order valence-electron chi connectivity index (χ4n) is 1.37. The van der Waals surface area contributed by atoms with Crippen LogP contribution in [0.25, 0.3) is 0 Å². The van der Waals surface area contributed by atoms with Crippen molar-refractivity contribution in [1.29, 1.82) is 0 Å². The summed E-state index contributed by atoms with van der Waals surface area (Å²) in [5.74, 6) is 2.58. The number of hydrogen-bond acceptors (Lipinski definition) is 4. The van der Waals surface area contributed by atoms with E-state index in [1.54, 1.807) is 11.8 Å². The zero-order chi connectivity index (χ0) is 10.7. The molecule has 0 aromatic heterocycles. The Kier molecular flexibility index (Phi) is 3.38. The van der Waals surface area contributed by atoms with E-state index in [1.165, 1.54) is 4.90 Å². The van der Waals surface area contributed by atoms with Crippen LogP contribution in [-0.4, -0.2) is 18.8 Å². The van der Waals surface area contributed by atoms with E-state index in [4.69, 9.17) is 14.2 Å². The van der Waals surface area contributed by atoms with Gasteiger partial charge in [-0.15, -0.1) is 11.8 Å². The molecular formula is C11H14O3S. The average molecular weight is 226 g/mol. The van der Waals surface area contributed by atoms with Gasteiger partial charge in [0.05, 0.1) is 6.61 Å². The second-order valence-electron chi connectivity index (χ2n) is 3.02. The fraction of sp³-hybridized carbons (Fsp3) is 0.455. The number of rotatable bonds is 4. The van der Waals surface area contributed by atoms with E-state index < -0.39 is 6.48 Å². The van der Waals surface area contributed by atoms with Crippen molar-refractivity contribution in [2.24, 2.45) is 0 Å². The van der Waals surface area contributed by atoms with Crippen molar-refractivity contribution in [3.05, 3.63) is 18.2 Å². The van der Waals surface area contributed by atoms with Gasteiger partial charge in [0.1, 0.15) is 0 Å². The van der Waals surface area contributed by atoms with Gasteiger partial charge in [-0.05, 0) is 30.9 Å². The molecule has 4 heteroatoms. The molecule has 0 bridgehead atoms. The van der Waals surface area contributed by atoms with Crippen molar-refractivity contribution in [3.63, 3.8) is 0 Å². The minimum Gasteiger partial charge on any atom is -0.428 e. The molecule has 0 amide bonds. The van der Waals surface area contributed by atoms with E-state index in [2.05, 4.69) is 6.92 Å². The Morgan fingerprint density at radius 1 is 1.27 bits per heavy atom. The third-order valence-electron chi connectivity index (χ3n) is 1.98. The average Bonchev–Trinajstić information content (AvgIpc) is 2.60. The Bertz CT molecular complexity index is 341. The molecule has 0 saturated carbocycles. The van der Waals surface area contributed by atoms with Gasteiger partial charge in [0.15, 0.2) is 11.5 Å². The van der Waals surface area contributed by atoms with E-state index >= 15 is 0 Å². The van der Waals surface area contributed by atoms with Crippen LogP contribution in [0.5, 0.6) is 11.5 Å². The monoisotopic (exact) mass is 226 g/mol. The molecule has 2 rings (SSSR count). The summed E-state index contributed by atoms with van der Waals surface area (Å²) in [6.07, 6.45) is 0. The van der Waals surface area contributed by atoms with Crippen molar-refractivity contribution < 1.29 is 14.2 Å². The van der Waals surface area contributed by atoms with Gasteiger partial charge < -0.3 is 14.2 Å². The summed E-state index contributed by atoms with van der Waals surface area (Å²) in [5.41, 5.74) is 0. The molecule has 1 aliphatic rings. The molecule has 1 unspecified atom stereocenters. The van der Waals surface area contributed by atoms with Crippen LogP contribution in [0.3, 0.4) is 0 Å². The standard InChI is InChI=1S/C11H14O3S/c1-3-12-11-13-9-6-5-8(15-4-2)7-10(9)14-11/h5-7,11H,3-4H2,1-2H3. The van der Waals surface area contributed by atoms with Gasteiger partial charge in [-0.25, -0.2) is 0 Å². The smallest absolute Gasteiger partial charge is 0.361 e. The highest BCUT2D eigenvalue weighted by atomic mass is 32.2. The van der Waals surface area contributed by atoms with E-state index in [0.29, 0.717) is 6.61 Å². The lowest BCUT2D eigenvalue weighted by Crippen LogP contribution is -2.21. The zero-order valence-corrected chi connectivity index (χ0v) is 9.67. The molecule has 3 nitrogen and oxygen atoms in total. The highest BCUT2D eigenvalue weighted by Crippen LogP contribution is 2.37. The molecule has 0 aliphatic carbocycles. The number of hydrogen-bond donors (Lipinski definition) is 0. The van der Waals surface area contributed by atoms with Crippen LogP contribution in [0.4, 0.5) is 0 Å². The maximum atomic E-state index is 5.48. The van der Waals surface area contributed by atoms with Crippen LogP contribution in [0, 0.1) is 0 Å². The normalized spacial score (nSPS) is 18.1. The van der Waals surface area contributed by atoms with E-state index in [9.17, 15) is 0 Å². The van der Waals surface area contributed by atoms with Crippen molar-refractivity contribution >= 4 is 11.8 Å². The van der Waals surface area contributed by atoms with Crippen molar-refractivity contribution in [2.45, 2.75) is 25.2 Å². The Morgan fingerprint density at radius 3 is 2.80 bits per heavy atom. The van der Waals surface area contributed by atoms with Crippen LogP contribution in [0.2, 0.25) is 0 Å². The maximum absolute atomic E-state index is 5.48. The third kappa shape index (κ3) is 2.38. The minimum absolute atomic E-state index is 0.577. The molecule has 1 heterocycles.